The van der Waals surface area contributed by atoms with Crippen LogP contribution in [0.5, 0.6) is 0 Å². The molecule has 0 aliphatic heterocycles. The predicted octanol–water partition coefficient (Wildman–Crippen LogP) is -0.608. The van der Waals surface area contributed by atoms with Crippen LogP contribution in [0.4, 0.5) is 0 Å². The molecule has 0 atom stereocenters. The minimum absolute atomic E-state index is 0.327. The van der Waals surface area contributed by atoms with Crippen molar-refractivity contribution in [1.29, 1.82) is 0 Å². The molecular formula is C9H24N4O4S2. The van der Waals surface area contributed by atoms with E-state index < -0.39 is 20.4 Å². The van der Waals surface area contributed by atoms with E-state index >= 15 is 0 Å². The average molecular weight is 316 g/mol. The van der Waals surface area contributed by atoms with E-state index in [0.29, 0.717) is 13.1 Å². The lowest BCUT2D eigenvalue weighted by Crippen LogP contribution is -2.46. The molecule has 0 aromatic heterocycles. The molecule has 0 aliphatic carbocycles. The first-order valence-electron chi connectivity index (χ1n) is 6.31. The van der Waals surface area contributed by atoms with Gasteiger partial charge in [0.05, 0.1) is 6.67 Å². The summed E-state index contributed by atoms with van der Waals surface area (Å²) in [4.78, 5) is 0. The summed E-state index contributed by atoms with van der Waals surface area (Å²) in [6.07, 6.45) is 3.20. The highest BCUT2D eigenvalue weighted by atomic mass is 32.2. The van der Waals surface area contributed by atoms with Crippen molar-refractivity contribution in [2.45, 2.75) is 39.5 Å². The minimum atomic E-state index is -3.66. The summed E-state index contributed by atoms with van der Waals surface area (Å²) in [5.41, 5.74) is 0. The quantitative estimate of drug-likeness (QED) is 0.284. The van der Waals surface area contributed by atoms with Crippen molar-refractivity contribution in [3.63, 3.8) is 0 Å². The Bertz CT molecular complexity index is 382. The van der Waals surface area contributed by atoms with E-state index in [2.05, 4.69) is 18.9 Å². The highest BCUT2D eigenvalue weighted by molar-refractivity contribution is 7.88. The second kappa shape index (κ2) is 9.61. The molecule has 0 rings (SSSR count). The highest BCUT2D eigenvalue weighted by Crippen LogP contribution is 1.86. The Labute approximate surface area is 116 Å². The number of nitrogens with one attached hydrogen (secondary N) is 4. The Kier molecular flexibility index (Phi) is 9.48. The fraction of sp³-hybridized carbons (Fsp3) is 1.00. The summed E-state index contributed by atoms with van der Waals surface area (Å²) in [6, 6.07) is 0. The Morgan fingerprint density at radius 1 is 0.684 bits per heavy atom. The second-order valence-electron chi connectivity index (χ2n) is 3.97. The van der Waals surface area contributed by atoms with Crippen LogP contribution < -0.4 is 18.9 Å². The van der Waals surface area contributed by atoms with Gasteiger partial charge >= 0.3 is 0 Å². The number of hydrogen-bond donors (Lipinski definition) is 4. The zero-order valence-electron chi connectivity index (χ0n) is 11.4. The summed E-state index contributed by atoms with van der Waals surface area (Å²) in [5.74, 6) is 0. The van der Waals surface area contributed by atoms with Crippen molar-refractivity contribution in [2.75, 3.05) is 19.8 Å². The maximum absolute atomic E-state index is 11.4. The molecule has 0 amide bonds. The van der Waals surface area contributed by atoms with Gasteiger partial charge in [-0.1, -0.05) is 26.7 Å². The van der Waals surface area contributed by atoms with E-state index in [0.717, 1.165) is 25.7 Å². The van der Waals surface area contributed by atoms with Gasteiger partial charge < -0.3 is 0 Å². The van der Waals surface area contributed by atoms with Crippen LogP contribution in [-0.2, 0) is 20.4 Å². The van der Waals surface area contributed by atoms with Gasteiger partial charge in [0, 0.05) is 13.1 Å². The van der Waals surface area contributed by atoms with Crippen molar-refractivity contribution in [1.82, 2.24) is 18.9 Å². The van der Waals surface area contributed by atoms with Crippen molar-refractivity contribution in [3.8, 4) is 0 Å². The van der Waals surface area contributed by atoms with Crippen molar-refractivity contribution < 1.29 is 16.8 Å². The molecule has 0 aromatic carbocycles. The molecule has 0 spiro atoms. The summed E-state index contributed by atoms with van der Waals surface area (Å²) < 4.78 is 54.3. The van der Waals surface area contributed by atoms with Crippen LogP contribution in [0.2, 0.25) is 0 Å². The van der Waals surface area contributed by atoms with Gasteiger partial charge in [-0.2, -0.15) is 26.3 Å². The molecule has 8 nitrogen and oxygen atoms in total. The third kappa shape index (κ3) is 11.3. The van der Waals surface area contributed by atoms with Crippen LogP contribution in [-0.4, -0.2) is 36.6 Å². The van der Waals surface area contributed by atoms with Crippen LogP contribution in [0, 0.1) is 0 Å². The third-order valence-electron chi connectivity index (χ3n) is 2.17. The standard InChI is InChI=1S/C9H24N4O4S2/c1-3-5-7-10-18(14,15)12-9-13-19(16,17)11-8-6-4-2/h10-13H,3-9H2,1-2H3. The molecule has 0 aliphatic rings. The van der Waals surface area contributed by atoms with Gasteiger partial charge in [0.15, 0.2) is 0 Å². The van der Waals surface area contributed by atoms with Crippen LogP contribution in [0.25, 0.3) is 0 Å². The SMILES string of the molecule is CCCCNS(=O)(=O)NCNS(=O)(=O)NCCCC. The first kappa shape index (κ1) is 18.7. The molecular weight excluding hydrogens is 292 g/mol. The maximum atomic E-state index is 11.4. The Balaban J connectivity index is 3.94. The van der Waals surface area contributed by atoms with E-state index in [4.69, 9.17) is 0 Å². The topological polar surface area (TPSA) is 116 Å². The largest absolute Gasteiger partial charge is 0.278 e. The van der Waals surface area contributed by atoms with Crippen molar-refractivity contribution in [3.05, 3.63) is 0 Å². The normalized spacial score (nSPS) is 12.7. The van der Waals surface area contributed by atoms with E-state index in [1.165, 1.54) is 0 Å². The van der Waals surface area contributed by atoms with Gasteiger partial charge in [-0.15, -0.1) is 0 Å². The molecule has 0 fully saturated rings. The maximum Gasteiger partial charge on any atom is 0.278 e. The van der Waals surface area contributed by atoms with Crippen LogP contribution >= 0.6 is 0 Å². The summed E-state index contributed by atoms with van der Waals surface area (Å²) in [7, 11) is -7.31. The number of rotatable bonds is 12. The van der Waals surface area contributed by atoms with Crippen molar-refractivity contribution in [2.24, 2.45) is 0 Å². The molecule has 10 heteroatoms. The predicted molar refractivity (Wildman–Crippen MR) is 74.8 cm³/mol. The number of unbranched alkanes of at least 4 members (excludes halogenated alkanes) is 2. The van der Waals surface area contributed by atoms with Gasteiger partial charge in [-0.3, -0.25) is 0 Å². The molecule has 0 saturated heterocycles. The van der Waals surface area contributed by atoms with Gasteiger partial charge in [-0.25, -0.2) is 9.44 Å². The Hall–Kier alpha value is -0.260. The first-order valence-corrected chi connectivity index (χ1v) is 9.28. The highest BCUT2D eigenvalue weighted by Gasteiger charge is 2.11. The molecule has 19 heavy (non-hydrogen) atoms. The summed E-state index contributed by atoms with van der Waals surface area (Å²) in [6.45, 7) is 4.15. The molecule has 0 aromatic rings. The van der Waals surface area contributed by atoms with Crippen LogP contribution in [0.1, 0.15) is 39.5 Å². The molecule has 4 N–H and O–H groups in total. The summed E-state index contributed by atoms with van der Waals surface area (Å²) >= 11 is 0. The molecule has 0 unspecified atom stereocenters. The van der Waals surface area contributed by atoms with E-state index in [9.17, 15) is 16.8 Å². The zero-order chi connectivity index (χ0) is 14.8. The third-order valence-corrected chi connectivity index (χ3v) is 4.39. The Morgan fingerprint density at radius 2 is 1.05 bits per heavy atom. The van der Waals surface area contributed by atoms with Gasteiger partial charge in [-0.05, 0) is 12.8 Å². The smallest absolute Gasteiger partial charge is 0.202 e. The molecule has 0 bridgehead atoms. The van der Waals surface area contributed by atoms with Crippen molar-refractivity contribution >= 4 is 20.4 Å². The van der Waals surface area contributed by atoms with E-state index in [1.807, 2.05) is 13.8 Å². The van der Waals surface area contributed by atoms with Gasteiger partial charge in [0.2, 0.25) is 0 Å². The molecule has 0 radical (unpaired) electrons. The average Bonchev–Trinajstić information content (AvgIpc) is 2.28. The monoisotopic (exact) mass is 316 g/mol. The lowest BCUT2D eigenvalue weighted by Gasteiger charge is -2.10. The fourth-order valence-corrected chi connectivity index (χ4v) is 2.73. The zero-order valence-corrected chi connectivity index (χ0v) is 13.0. The lowest BCUT2D eigenvalue weighted by molar-refractivity contribution is 0.550. The van der Waals surface area contributed by atoms with Crippen LogP contribution in [0.15, 0.2) is 0 Å². The van der Waals surface area contributed by atoms with E-state index in [-0.39, 0.29) is 6.67 Å². The van der Waals surface area contributed by atoms with Crippen LogP contribution in [0.3, 0.4) is 0 Å². The molecule has 0 heterocycles. The molecule has 0 saturated carbocycles. The first-order chi connectivity index (χ1) is 8.83. The van der Waals surface area contributed by atoms with Gasteiger partial charge in [0.25, 0.3) is 20.4 Å². The lowest BCUT2D eigenvalue weighted by atomic mass is 10.3. The second-order valence-corrected chi connectivity index (χ2v) is 7.14. The minimum Gasteiger partial charge on any atom is -0.202 e. The van der Waals surface area contributed by atoms with E-state index in [1.54, 1.807) is 0 Å². The molecule has 116 valence electrons. The Morgan fingerprint density at radius 3 is 1.37 bits per heavy atom. The fourth-order valence-electron chi connectivity index (χ4n) is 1.09. The van der Waals surface area contributed by atoms with Gasteiger partial charge in [0.1, 0.15) is 0 Å². The number of hydrogen-bond acceptors (Lipinski definition) is 4. The summed E-state index contributed by atoms with van der Waals surface area (Å²) in [5, 5.41) is 0.